The van der Waals surface area contributed by atoms with Crippen LogP contribution in [0.2, 0.25) is 0 Å². The number of hydrogen-bond acceptors (Lipinski definition) is 4. The Bertz CT molecular complexity index is 545. The maximum Gasteiger partial charge on any atom is 0.240 e. The molecule has 0 spiro atoms. The third-order valence-corrected chi connectivity index (χ3v) is 3.08. The summed E-state index contributed by atoms with van der Waals surface area (Å²) in [6.07, 6.45) is 4.73. The van der Waals surface area contributed by atoms with Gasteiger partial charge in [-0.2, -0.15) is 0 Å². The molecule has 0 radical (unpaired) electrons. The Morgan fingerprint density at radius 3 is 2.52 bits per heavy atom. The van der Waals surface area contributed by atoms with E-state index in [2.05, 4.69) is 9.97 Å². The summed E-state index contributed by atoms with van der Waals surface area (Å²) >= 11 is 0. The molecule has 1 heterocycles. The average Bonchev–Trinajstić information content (AvgIpc) is 2.49. The van der Waals surface area contributed by atoms with Gasteiger partial charge in [0.15, 0.2) is 5.82 Å². The Hall–Kier alpha value is -2.27. The molecule has 0 unspecified atom stereocenters. The van der Waals surface area contributed by atoms with Gasteiger partial charge in [-0.05, 0) is 26.0 Å². The Morgan fingerprint density at radius 1 is 1.24 bits per heavy atom. The van der Waals surface area contributed by atoms with E-state index >= 15 is 0 Å². The van der Waals surface area contributed by atoms with Crippen molar-refractivity contribution in [2.24, 2.45) is 5.41 Å². The molecule has 110 valence electrons. The number of hydrogen-bond donors (Lipinski definition) is 0. The Balaban J connectivity index is 2.45. The molecule has 2 rings (SSSR count). The van der Waals surface area contributed by atoms with E-state index in [4.69, 9.17) is 4.74 Å². The van der Waals surface area contributed by atoms with Crippen LogP contribution in [0.3, 0.4) is 0 Å². The average molecular weight is 285 g/mol. The van der Waals surface area contributed by atoms with Crippen molar-refractivity contribution < 1.29 is 9.53 Å². The number of nitrogens with zero attached hydrogens (tertiary/aromatic N) is 3. The summed E-state index contributed by atoms with van der Waals surface area (Å²) in [5, 5.41) is 0. The molecule has 5 nitrogen and oxygen atoms in total. The monoisotopic (exact) mass is 285 g/mol. The molecule has 5 heteroatoms. The Kier molecular flexibility index (Phi) is 4.65. The van der Waals surface area contributed by atoms with Crippen molar-refractivity contribution in [3.05, 3.63) is 48.9 Å². The number of anilines is 2. The Labute approximate surface area is 124 Å². The number of rotatable bonds is 5. The minimum absolute atomic E-state index is 0.0870. The second-order valence-corrected chi connectivity index (χ2v) is 5.36. The van der Waals surface area contributed by atoms with Crippen LogP contribution in [0.4, 0.5) is 11.5 Å². The van der Waals surface area contributed by atoms with Gasteiger partial charge in [0.05, 0.1) is 23.9 Å². The van der Waals surface area contributed by atoms with Crippen LogP contribution in [0, 0.1) is 5.41 Å². The van der Waals surface area contributed by atoms with Crippen LogP contribution in [0.5, 0.6) is 0 Å². The number of amides is 1. The van der Waals surface area contributed by atoms with Gasteiger partial charge in [-0.3, -0.25) is 14.7 Å². The van der Waals surface area contributed by atoms with E-state index in [0.29, 0.717) is 12.4 Å². The van der Waals surface area contributed by atoms with Crippen molar-refractivity contribution >= 4 is 17.4 Å². The lowest BCUT2D eigenvalue weighted by molar-refractivity contribution is -0.128. The molecule has 0 bridgehead atoms. The predicted molar refractivity (Wildman–Crippen MR) is 81.3 cm³/mol. The van der Waals surface area contributed by atoms with Crippen molar-refractivity contribution in [3.63, 3.8) is 0 Å². The summed E-state index contributed by atoms with van der Waals surface area (Å²) in [6.45, 7) is 4.03. The first-order valence-electron chi connectivity index (χ1n) is 6.71. The summed E-state index contributed by atoms with van der Waals surface area (Å²) in [7, 11) is 1.59. The standard InChI is InChI=1S/C16H19N3O2/c1-16(2,12-21-3)15(20)19(13-7-5-4-6-8-13)14-11-17-9-10-18-14/h4-11H,12H2,1-3H3. The fourth-order valence-corrected chi connectivity index (χ4v) is 2.06. The molecule has 0 aliphatic carbocycles. The van der Waals surface area contributed by atoms with Crippen LogP contribution in [-0.2, 0) is 9.53 Å². The van der Waals surface area contributed by atoms with Crippen LogP contribution in [0.1, 0.15) is 13.8 Å². The number of benzene rings is 1. The van der Waals surface area contributed by atoms with Crippen LogP contribution in [-0.4, -0.2) is 29.6 Å². The highest BCUT2D eigenvalue weighted by molar-refractivity contribution is 6.02. The smallest absolute Gasteiger partial charge is 0.240 e. The molecular weight excluding hydrogens is 266 g/mol. The van der Waals surface area contributed by atoms with Gasteiger partial charge in [0.2, 0.25) is 5.91 Å². The third-order valence-electron chi connectivity index (χ3n) is 3.08. The molecule has 1 amide bonds. The molecule has 0 aliphatic heterocycles. The molecule has 2 aromatic rings. The van der Waals surface area contributed by atoms with E-state index in [0.717, 1.165) is 5.69 Å². The lowest BCUT2D eigenvalue weighted by Crippen LogP contribution is -2.41. The van der Waals surface area contributed by atoms with Gasteiger partial charge in [-0.25, -0.2) is 4.98 Å². The van der Waals surface area contributed by atoms with Crippen molar-refractivity contribution in [1.82, 2.24) is 9.97 Å². The fourth-order valence-electron chi connectivity index (χ4n) is 2.06. The zero-order valence-corrected chi connectivity index (χ0v) is 12.5. The Morgan fingerprint density at radius 2 is 1.95 bits per heavy atom. The molecule has 1 aromatic heterocycles. The van der Waals surface area contributed by atoms with Crippen LogP contribution in [0.25, 0.3) is 0 Å². The summed E-state index contributed by atoms with van der Waals surface area (Å²) < 4.78 is 5.17. The lowest BCUT2D eigenvalue weighted by atomic mass is 9.92. The normalized spacial score (nSPS) is 11.2. The van der Waals surface area contributed by atoms with Crippen LogP contribution < -0.4 is 4.90 Å². The summed E-state index contributed by atoms with van der Waals surface area (Å²) in [4.78, 5) is 22.8. The first-order chi connectivity index (χ1) is 10.1. The van der Waals surface area contributed by atoms with Crippen molar-refractivity contribution in [2.75, 3.05) is 18.6 Å². The molecular formula is C16H19N3O2. The second-order valence-electron chi connectivity index (χ2n) is 5.36. The quantitative estimate of drug-likeness (QED) is 0.847. The van der Waals surface area contributed by atoms with E-state index < -0.39 is 5.41 Å². The van der Waals surface area contributed by atoms with Gasteiger partial charge in [0.1, 0.15) is 0 Å². The first kappa shape index (κ1) is 15.1. The zero-order valence-electron chi connectivity index (χ0n) is 12.5. The second kappa shape index (κ2) is 6.45. The third kappa shape index (κ3) is 3.44. The highest BCUT2D eigenvalue weighted by atomic mass is 16.5. The first-order valence-corrected chi connectivity index (χ1v) is 6.71. The molecule has 0 atom stereocenters. The molecule has 1 aromatic carbocycles. The molecule has 0 fully saturated rings. The van der Waals surface area contributed by atoms with Gasteiger partial charge < -0.3 is 4.74 Å². The van der Waals surface area contributed by atoms with Crippen LogP contribution >= 0.6 is 0 Å². The SMILES string of the molecule is COCC(C)(C)C(=O)N(c1ccccc1)c1cnccn1. The maximum atomic E-state index is 12.9. The largest absolute Gasteiger partial charge is 0.384 e. The minimum atomic E-state index is -0.665. The number of carbonyl (C=O) groups is 1. The lowest BCUT2D eigenvalue weighted by Gasteiger charge is -2.30. The van der Waals surface area contributed by atoms with E-state index in [1.807, 2.05) is 44.2 Å². The molecule has 0 saturated heterocycles. The van der Waals surface area contributed by atoms with Gasteiger partial charge in [0, 0.05) is 19.5 Å². The summed E-state index contributed by atoms with van der Waals surface area (Å²) in [5.74, 6) is 0.411. The molecule has 0 N–H and O–H groups in total. The molecule has 0 aliphatic rings. The van der Waals surface area contributed by atoms with E-state index in [1.54, 1.807) is 30.6 Å². The van der Waals surface area contributed by atoms with Gasteiger partial charge in [-0.15, -0.1) is 0 Å². The van der Waals surface area contributed by atoms with Crippen molar-refractivity contribution in [3.8, 4) is 0 Å². The van der Waals surface area contributed by atoms with Crippen molar-refractivity contribution in [2.45, 2.75) is 13.8 Å². The number of ether oxygens (including phenoxy) is 1. The summed E-state index contributed by atoms with van der Waals surface area (Å²) in [6, 6.07) is 9.42. The topological polar surface area (TPSA) is 55.3 Å². The zero-order chi connectivity index (χ0) is 15.3. The molecule has 21 heavy (non-hydrogen) atoms. The van der Waals surface area contributed by atoms with Gasteiger partial charge in [-0.1, -0.05) is 18.2 Å². The highest BCUT2D eigenvalue weighted by Crippen LogP contribution is 2.29. The van der Waals surface area contributed by atoms with E-state index in [1.165, 1.54) is 0 Å². The van der Waals surface area contributed by atoms with E-state index in [-0.39, 0.29) is 5.91 Å². The molecule has 0 saturated carbocycles. The maximum absolute atomic E-state index is 12.9. The van der Waals surface area contributed by atoms with Gasteiger partial charge >= 0.3 is 0 Å². The van der Waals surface area contributed by atoms with Gasteiger partial charge in [0.25, 0.3) is 0 Å². The highest BCUT2D eigenvalue weighted by Gasteiger charge is 2.34. The fraction of sp³-hybridized carbons (Fsp3) is 0.312. The summed E-state index contributed by atoms with van der Waals surface area (Å²) in [5.41, 5.74) is 0.0921. The van der Waals surface area contributed by atoms with E-state index in [9.17, 15) is 4.79 Å². The van der Waals surface area contributed by atoms with Crippen molar-refractivity contribution in [1.29, 1.82) is 0 Å². The number of methoxy groups -OCH3 is 1. The number of carbonyl (C=O) groups excluding carboxylic acids is 1. The van der Waals surface area contributed by atoms with Crippen LogP contribution in [0.15, 0.2) is 48.9 Å². The number of aromatic nitrogens is 2. The number of para-hydroxylation sites is 1. The minimum Gasteiger partial charge on any atom is -0.384 e. The predicted octanol–water partition coefficient (Wildman–Crippen LogP) is 2.81.